The number of cyclic esters (lactones) is 1. The Morgan fingerprint density at radius 2 is 2.00 bits per heavy atom. The lowest BCUT2D eigenvalue weighted by molar-refractivity contribution is -0.159. The number of hydrogen-bond donors (Lipinski definition) is 0. The molecule has 0 N–H and O–H groups in total. The predicted octanol–water partition coefficient (Wildman–Crippen LogP) is 0.769. The van der Waals surface area contributed by atoms with Crippen LogP contribution in [-0.2, 0) is 19.1 Å². The molecule has 1 aliphatic rings. The van der Waals surface area contributed by atoms with E-state index < -0.39 is 11.8 Å². The molecule has 0 amide bonds. The lowest BCUT2D eigenvalue weighted by Gasteiger charge is -2.13. The molecule has 1 heterocycles. The molecule has 1 saturated heterocycles. The topological polar surface area (TPSA) is 52.6 Å². The van der Waals surface area contributed by atoms with Crippen LogP contribution in [0.1, 0.15) is 20.8 Å². The van der Waals surface area contributed by atoms with Crippen molar-refractivity contribution in [2.24, 2.45) is 0 Å². The van der Waals surface area contributed by atoms with E-state index in [1.54, 1.807) is 13.8 Å². The summed E-state index contributed by atoms with van der Waals surface area (Å²) in [5.41, 5.74) is 0. The third-order valence-electron chi connectivity index (χ3n) is 1.23. The summed E-state index contributed by atoms with van der Waals surface area (Å²) in [6.45, 7) is 4.55. The molecule has 4 nitrogen and oxygen atoms in total. The molecular weight excluding hydrogens is 160 g/mol. The standard InChI is InChI=1S/C8H10O4/c1-5(9)4-6-7(10)12-8(2,3)11-6/h4H,1-3H3/b6-4+. The number of carbonyl (C=O) groups excluding carboxylic acids is 2. The van der Waals surface area contributed by atoms with E-state index in [-0.39, 0.29) is 11.5 Å². The van der Waals surface area contributed by atoms with Crippen molar-refractivity contribution in [2.45, 2.75) is 26.6 Å². The summed E-state index contributed by atoms with van der Waals surface area (Å²) in [5.74, 6) is -1.79. The Morgan fingerprint density at radius 3 is 2.33 bits per heavy atom. The lowest BCUT2D eigenvalue weighted by atomic mass is 10.3. The van der Waals surface area contributed by atoms with Gasteiger partial charge in [0, 0.05) is 19.9 Å². The second-order valence-corrected chi connectivity index (χ2v) is 3.01. The van der Waals surface area contributed by atoms with Crippen molar-refractivity contribution < 1.29 is 19.1 Å². The van der Waals surface area contributed by atoms with Gasteiger partial charge in [-0.1, -0.05) is 0 Å². The molecule has 1 aliphatic heterocycles. The number of esters is 1. The average Bonchev–Trinajstić information content (AvgIpc) is 2.03. The van der Waals surface area contributed by atoms with Gasteiger partial charge in [0.1, 0.15) is 0 Å². The highest BCUT2D eigenvalue weighted by atomic mass is 16.8. The van der Waals surface area contributed by atoms with Crippen molar-refractivity contribution in [1.82, 2.24) is 0 Å². The van der Waals surface area contributed by atoms with Gasteiger partial charge in [-0.25, -0.2) is 4.79 Å². The minimum absolute atomic E-state index is 0.0208. The van der Waals surface area contributed by atoms with Gasteiger partial charge in [-0.05, 0) is 6.92 Å². The van der Waals surface area contributed by atoms with Crippen molar-refractivity contribution in [3.8, 4) is 0 Å². The maximum atomic E-state index is 11.0. The van der Waals surface area contributed by atoms with Crippen LogP contribution in [0.4, 0.5) is 0 Å². The number of ether oxygens (including phenoxy) is 2. The van der Waals surface area contributed by atoms with Crippen molar-refractivity contribution in [3.63, 3.8) is 0 Å². The zero-order valence-corrected chi connectivity index (χ0v) is 7.21. The first-order chi connectivity index (χ1) is 5.41. The van der Waals surface area contributed by atoms with E-state index in [0.717, 1.165) is 6.08 Å². The molecule has 0 aromatic heterocycles. The van der Waals surface area contributed by atoms with E-state index in [4.69, 9.17) is 9.47 Å². The van der Waals surface area contributed by atoms with Gasteiger partial charge in [-0.3, -0.25) is 4.79 Å². The SMILES string of the molecule is CC(=O)/C=C1/OC(C)(C)OC1=O. The molecule has 0 radical (unpaired) electrons. The van der Waals surface area contributed by atoms with Crippen molar-refractivity contribution in [2.75, 3.05) is 0 Å². The third kappa shape index (κ3) is 1.84. The van der Waals surface area contributed by atoms with Gasteiger partial charge < -0.3 is 9.47 Å². The van der Waals surface area contributed by atoms with Crippen LogP contribution < -0.4 is 0 Å². The third-order valence-corrected chi connectivity index (χ3v) is 1.23. The first-order valence-electron chi connectivity index (χ1n) is 3.55. The molecule has 1 fully saturated rings. The van der Waals surface area contributed by atoms with Gasteiger partial charge in [0.25, 0.3) is 0 Å². The van der Waals surface area contributed by atoms with Crippen LogP contribution in [0.15, 0.2) is 11.8 Å². The molecule has 0 saturated carbocycles. The Hall–Kier alpha value is -1.32. The number of ketones is 1. The summed E-state index contributed by atoms with van der Waals surface area (Å²) in [5, 5.41) is 0. The summed E-state index contributed by atoms with van der Waals surface area (Å²) < 4.78 is 9.82. The molecule has 0 spiro atoms. The molecule has 0 aromatic carbocycles. The molecular formula is C8H10O4. The fraction of sp³-hybridized carbons (Fsp3) is 0.500. The van der Waals surface area contributed by atoms with E-state index in [0.29, 0.717) is 0 Å². The minimum atomic E-state index is -0.946. The van der Waals surface area contributed by atoms with E-state index in [9.17, 15) is 9.59 Å². The Kier molecular flexibility index (Phi) is 1.92. The molecule has 1 rings (SSSR count). The van der Waals surface area contributed by atoms with Crippen LogP contribution >= 0.6 is 0 Å². The van der Waals surface area contributed by atoms with Gasteiger partial charge in [0.05, 0.1) is 0 Å². The maximum absolute atomic E-state index is 11.0. The Bertz CT molecular complexity index is 262. The van der Waals surface area contributed by atoms with Crippen molar-refractivity contribution in [1.29, 1.82) is 0 Å². The maximum Gasteiger partial charge on any atom is 0.377 e. The smallest absolute Gasteiger partial charge is 0.377 e. The minimum Gasteiger partial charge on any atom is -0.445 e. The number of rotatable bonds is 1. The largest absolute Gasteiger partial charge is 0.445 e. The Morgan fingerprint density at radius 1 is 1.42 bits per heavy atom. The molecule has 0 aromatic rings. The van der Waals surface area contributed by atoms with E-state index in [1.807, 2.05) is 0 Å². The number of carbonyl (C=O) groups is 2. The van der Waals surface area contributed by atoms with Gasteiger partial charge in [0.15, 0.2) is 5.78 Å². The van der Waals surface area contributed by atoms with E-state index >= 15 is 0 Å². The predicted molar refractivity (Wildman–Crippen MR) is 40.0 cm³/mol. The van der Waals surface area contributed by atoms with Gasteiger partial charge in [0.2, 0.25) is 11.5 Å². The van der Waals surface area contributed by atoms with Gasteiger partial charge in [-0.15, -0.1) is 0 Å². The Labute approximate surface area is 70.1 Å². The summed E-state index contributed by atoms with van der Waals surface area (Å²) >= 11 is 0. The molecule has 0 bridgehead atoms. The fourth-order valence-corrected chi connectivity index (χ4v) is 0.874. The highest BCUT2D eigenvalue weighted by molar-refractivity contribution is 5.97. The van der Waals surface area contributed by atoms with Crippen LogP contribution in [0.3, 0.4) is 0 Å². The second-order valence-electron chi connectivity index (χ2n) is 3.01. The van der Waals surface area contributed by atoms with Crippen molar-refractivity contribution >= 4 is 11.8 Å². The van der Waals surface area contributed by atoms with E-state index in [1.165, 1.54) is 6.92 Å². The van der Waals surface area contributed by atoms with Crippen LogP contribution in [0.25, 0.3) is 0 Å². The summed E-state index contributed by atoms with van der Waals surface area (Å²) in [4.78, 5) is 21.5. The first-order valence-corrected chi connectivity index (χ1v) is 3.55. The Balaban J connectivity index is 2.84. The van der Waals surface area contributed by atoms with Crippen LogP contribution in [0.2, 0.25) is 0 Å². The highest BCUT2D eigenvalue weighted by Gasteiger charge is 2.37. The summed E-state index contributed by atoms with van der Waals surface area (Å²) in [6, 6.07) is 0. The van der Waals surface area contributed by atoms with Gasteiger partial charge >= 0.3 is 5.97 Å². The molecule has 0 atom stereocenters. The second kappa shape index (κ2) is 2.62. The van der Waals surface area contributed by atoms with Crippen molar-refractivity contribution in [3.05, 3.63) is 11.8 Å². The fourth-order valence-electron chi connectivity index (χ4n) is 0.874. The molecule has 0 aliphatic carbocycles. The first kappa shape index (κ1) is 8.77. The summed E-state index contributed by atoms with van der Waals surface area (Å²) in [7, 11) is 0. The molecule has 0 unspecified atom stereocenters. The zero-order chi connectivity index (χ0) is 9.35. The molecule has 4 heteroatoms. The normalized spacial score (nSPS) is 23.6. The number of allylic oxidation sites excluding steroid dienone is 1. The monoisotopic (exact) mass is 170 g/mol. The zero-order valence-electron chi connectivity index (χ0n) is 7.21. The van der Waals surface area contributed by atoms with Crippen LogP contribution in [0, 0.1) is 0 Å². The lowest BCUT2D eigenvalue weighted by Crippen LogP contribution is -2.19. The highest BCUT2D eigenvalue weighted by Crippen LogP contribution is 2.25. The average molecular weight is 170 g/mol. The number of hydrogen-bond acceptors (Lipinski definition) is 4. The quantitative estimate of drug-likeness (QED) is 0.431. The summed E-state index contributed by atoms with van der Waals surface area (Å²) in [6.07, 6.45) is 1.12. The van der Waals surface area contributed by atoms with Crippen LogP contribution in [-0.4, -0.2) is 17.5 Å². The van der Waals surface area contributed by atoms with Gasteiger partial charge in [-0.2, -0.15) is 0 Å². The van der Waals surface area contributed by atoms with Crippen LogP contribution in [0.5, 0.6) is 0 Å². The molecule has 66 valence electrons. The molecule has 12 heavy (non-hydrogen) atoms. The van der Waals surface area contributed by atoms with E-state index in [2.05, 4.69) is 0 Å².